The second-order valence-corrected chi connectivity index (χ2v) is 31.3. The molecule has 0 aliphatic carbocycles. The first-order valence-electron chi connectivity index (χ1n) is 30.2. The van der Waals surface area contributed by atoms with Crippen LogP contribution >= 0.6 is 0 Å². The van der Waals surface area contributed by atoms with E-state index >= 15 is 0 Å². The van der Waals surface area contributed by atoms with Crippen molar-refractivity contribution in [2.45, 2.75) is 183 Å². The third-order valence-electron chi connectivity index (χ3n) is 17.8. The Labute approximate surface area is 492 Å². The Balaban J connectivity index is 1.22. The minimum Gasteiger partial charge on any atom is -0.309 e. The Morgan fingerprint density at radius 2 is 0.659 bits per heavy atom. The summed E-state index contributed by atoms with van der Waals surface area (Å²) in [7, 11) is 0. The summed E-state index contributed by atoms with van der Waals surface area (Å²) in [6.07, 6.45) is 0. The zero-order valence-corrected chi connectivity index (χ0v) is 53.5. The molecule has 82 heavy (non-hydrogen) atoms. The highest BCUT2D eigenvalue weighted by atomic mass is 15.1. The molecule has 0 N–H and O–H groups in total. The van der Waals surface area contributed by atoms with E-state index in [4.69, 9.17) is 0 Å². The van der Waals surface area contributed by atoms with Crippen molar-refractivity contribution >= 4 is 71.2 Å². The van der Waals surface area contributed by atoms with Gasteiger partial charge < -0.3 is 9.47 Å². The molecular weight excluding hydrogens is 989 g/mol. The molecule has 0 aliphatic heterocycles. The van der Waals surface area contributed by atoms with Crippen LogP contribution in [-0.4, -0.2) is 4.57 Å². The minimum atomic E-state index is -0.106. The molecule has 0 fully saturated rings. The van der Waals surface area contributed by atoms with E-state index in [1.54, 1.807) is 0 Å². The van der Waals surface area contributed by atoms with Crippen molar-refractivity contribution in [3.8, 4) is 27.9 Å². The molecule has 0 aliphatic rings. The maximum Gasteiger partial charge on any atom is 0.0541 e. The number of anilines is 3. The van der Waals surface area contributed by atoms with Gasteiger partial charge in [-0.3, -0.25) is 0 Å². The highest BCUT2D eigenvalue weighted by molar-refractivity contribution is 6.27. The Hall–Kier alpha value is -7.16. The van der Waals surface area contributed by atoms with E-state index in [0.717, 1.165) is 17.1 Å². The second kappa shape index (κ2) is 19.2. The summed E-state index contributed by atoms with van der Waals surface area (Å²) in [5, 5.41) is 10.1. The summed E-state index contributed by atoms with van der Waals surface area (Å²) >= 11 is 0. The van der Waals surface area contributed by atoms with Crippen LogP contribution in [0.1, 0.15) is 184 Å². The number of rotatable bonds is 6. The lowest BCUT2D eigenvalue weighted by atomic mass is 9.77. The van der Waals surface area contributed by atoms with Gasteiger partial charge in [-0.1, -0.05) is 242 Å². The van der Waals surface area contributed by atoms with Crippen LogP contribution in [0.15, 0.2) is 164 Å². The molecule has 0 radical (unpaired) electrons. The summed E-state index contributed by atoms with van der Waals surface area (Å²) in [5.41, 5.74) is 21.1. The van der Waals surface area contributed by atoms with Crippen molar-refractivity contribution in [2.75, 3.05) is 4.90 Å². The Morgan fingerprint density at radius 1 is 0.268 bits per heavy atom. The van der Waals surface area contributed by atoms with E-state index in [0.29, 0.717) is 0 Å². The summed E-state index contributed by atoms with van der Waals surface area (Å²) in [6, 6.07) is 64.9. The fourth-order valence-electron chi connectivity index (χ4n) is 12.4. The van der Waals surface area contributed by atoms with Gasteiger partial charge in [-0.05, 0) is 182 Å². The van der Waals surface area contributed by atoms with Gasteiger partial charge in [-0.15, -0.1) is 0 Å². The van der Waals surface area contributed by atoms with Crippen LogP contribution in [0.2, 0.25) is 0 Å². The molecule has 11 aromatic rings. The van der Waals surface area contributed by atoms with Crippen LogP contribution in [0.3, 0.4) is 0 Å². The monoisotopic (exact) mass is 1080 g/mol. The van der Waals surface area contributed by atoms with Gasteiger partial charge in [0.1, 0.15) is 0 Å². The molecule has 1 aromatic heterocycles. The first-order valence-corrected chi connectivity index (χ1v) is 30.2. The van der Waals surface area contributed by atoms with Crippen LogP contribution in [0.5, 0.6) is 0 Å². The van der Waals surface area contributed by atoms with Crippen molar-refractivity contribution in [1.82, 2.24) is 4.57 Å². The third-order valence-corrected chi connectivity index (χ3v) is 17.8. The topological polar surface area (TPSA) is 8.17 Å². The molecule has 0 spiro atoms. The van der Waals surface area contributed by atoms with E-state index in [9.17, 15) is 0 Å². The lowest BCUT2D eigenvalue weighted by Crippen LogP contribution is -2.17. The van der Waals surface area contributed by atoms with Crippen LogP contribution in [-0.2, 0) is 37.9 Å². The molecule has 420 valence electrons. The van der Waals surface area contributed by atoms with Crippen molar-refractivity contribution in [3.05, 3.63) is 203 Å². The number of aromatic nitrogens is 1. The number of nitrogens with zero attached hydrogens (tertiary/aromatic N) is 2. The van der Waals surface area contributed by atoms with Crippen LogP contribution in [0.4, 0.5) is 17.1 Å². The van der Waals surface area contributed by atoms with Gasteiger partial charge in [0.05, 0.1) is 28.1 Å². The number of benzene rings is 10. The van der Waals surface area contributed by atoms with Gasteiger partial charge >= 0.3 is 0 Å². The predicted octanol–water partition coefficient (Wildman–Crippen LogP) is 23.6. The lowest BCUT2D eigenvalue weighted by molar-refractivity contribution is 0.569. The van der Waals surface area contributed by atoms with E-state index in [2.05, 4.69) is 319 Å². The average Bonchev–Trinajstić information content (AvgIpc) is 1.51. The summed E-state index contributed by atoms with van der Waals surface area (Å²) in [5.74, 6) is 0. The van der Waals surface area contributed by atoms with Gasteiger partial charge in [-0.25, -0.2) is 0 Å². The average molecular weight is 1080 g/mol. The number of hydrogen-bond acceptors (Lipinski definition) is 1. The number of hydrogen-bond donors (Lipinski definition) is 0. The van der Waals surface area contributed by atoms with Gasteiger partial charge in [0, 0.05) is 32.8 Å². The largest absolute Gasteiger partial charge is 0.309 e. The maximum atomic E-state index is 2.59. The molecule has 10 aromatic carbocycles. The van der Waals surface area contributed by atoms with Crippen molar-refractivity contribution in [3.63, 3.8) is 0 Å². The zero-order valence-electron chi connectivity index (χ0n) is 53.5. The van der Waals surface area contributed by atoms with Crippen LogP contribution in [0.25, 0.3) is 82.1 Å². The zero-order chi connectivity index (χ0) is 59.2. The quantitative estimate of drug-likeness (QED) is 0.151. The van der Waals surface area contributed by atoms with E-state index < -0.39 is 0 Å². The first-order chi connectivity index (χ1) is 38.1. The molecule has 11 rings (SSSR count). The summed E-state index contributed by atoms with van der Waals surface area (Å²) < 4.78 is 2.55. The van der Waals surface area contributed by atoms with Gasteiger partial charge in [0.15, 0.2) is 0 Å². The molecule has 1 heterocycles. The molecule has 0 unspecified atom stereocenters. The lowest BCUT2D eigenvalue weighted by Gasteiger charge is -2.33. The second-order valence-electron chi connectivity index (χ2n) is 31.3. The van der Waals surface area contributed by atoms with Gasteiger partial charge in [0.2, 0.25) is 0 Å². The van der Waals surface area contributed by atoms with E-state index in [1.165, 1.54) is 121 Å². The summed E-state index contributed by atoms with van der Waals surface area (Å²) in [6.45, 7) is 49.1. The molecule has 2 heteroatoms. The molecular formula is C80H90N2. The van der Waals surface area contributed by atoms with Gasteiger partial charge in [-0.2, -0.15) is 0 Å². The van der Waals surface area contributed by atoms with Crippen LogP contribution < -0.4 is 4.90 Å². The molecule has 0 amide bonds. The fourth-order valence-corrected chi connectivity index (χ4v) is 12.4. The predicted molar refractivity (Wildman–Crippen MR) is 361 cm³/mol. The van der Waals surface area contributed by atoms with Crippen molar-refractivity contribution in [1.29, 1.82) is 0 Å². The maximum absolute atomic E-state index is 2.59. The molecule has 0 saturated carbocycles. The van der Waals surface area contributed by atoms with Crippen molar-refractivity contribution in [2.24, 2.45) is 0 Å². The molecule has 0 saturated heterocycles. The Bertz CT molecular complexity index is 4170. The number of fused-ring (bicyclic) bond motifs is 3. The highest BCUT2D eigenvalue weighted by Crippen LogP contribution is 2.51. The van der Waals surface area contributed by atoms with Crippen LogP contribution in [0, 0.1) is 0 Å². The standard InChI is InChI=1S/C80H90N2/c1-74(2,3)52-26-32-59(33-27-52)81(69-39-29-54(76(7,8)9)46-64(69)63-45-53(75(4,5)6)28-36-60(63)51-42-57(79(16,17)18)44-58(43-51)80(19,20)21)67-37-24-49-23-35-62-68(38-25-50-22-34-61(67)72(49)73(50)62)82-70-40-30-55(77(10,11)12)47-65(70)66-48-56(78(13,14)15)31-41-71(66)82/h22-48H,1-21H3. The van der Waals surface area contributed by atoms with E-state index in [1.807, 2.05) is 0 Å². The Kier molecular flexibility index (Phi) is 13.3. The molecule has 0 atom stereocenters. The normalized spacial score (nSPS) is 13.4. The molecule has 2 nitrogen and oxygen atoms in total. The first kappa shape index (κ1) is 56.7. The summed E-state index contributed by atoms with van der Waals surface area (Å²) in [4.78, 5) is 2.59. The molecule has 0 bridgehead atoms. The highest BCUT2D eigenvalue weighted by Gasteiger charge is 2.30. The van der Waals surface area contributed by atoms with E-state index in [-0.39, 0.29) is 37.9 Å². The van der Waals surface area contributed by atoms with Crippen molar-refractivity contribution < 1.29 is 0 Å². The van der Waals surface area contributed by atoms with Gasteiger partial charge in [0.25, 0.3) is 0 Å². The third kappa shape index (κ3) is 10.1. The fraction of sp³-hybridized carbons (Fsp3) is 0.350. The SMILES string of the molecule is CC(C)(C)c1ccc(N(c2ccc(C(C)(C)C)cc2-c2cc(C(C)(C)C)ccc2-c2cc(C(C)(C)C)cc(C(C)(C)C)c2)c2ccc3ccc4c(-n5c6ccc(C(C)(C)C)cc6c6cc(C(C)(C)C)ccc65)ccc5ccc2c3c54)cc1. The smallest absolute Gasteiger partial charge is 0.0541 e. The minimum absolute atomic E-state index is 0.0104. The Morgan fingerprint density at radius 3 is 1.16 bits per heavy atom.